The van der Waals surface area contributed by atoms with Gasteiger partial charge in [0.25, 0.3) is 0 Å². The molecule has 0 aromatic carbocycles. The van der Waals surface area contributed by atoms with Gasteiger partial charge in [-0.15, -0.1) is 0 Å². The van der Waals surface area contributed by atoms with Gasteiger partial charge in [-0.05, 0) is 13.8 Å². The van der Waals surface area contributed by atoms with Gasteiger partial charge in [0, 0.05) is 17.1 Å². The van der Waals surface area contributed by atoms with Crippen LogP contribution >= 0.6 is 0 Å². The van der Waals surface area contributed by atoms with Crippen molar-refractivity contribution in [2.24, 2.45) is 0 Å². The maximum Gasteiger partial charge on any atom is 0.339 e. The van der Waals surface area contributed by atoms with Crippen LogP contribution in [0.2, 0.25) is 0 Å². The standard InChI is InChI=1S/C7H9NO3.Cu/c1-4-11-7(10)6(8-3)5(2)9;/h9H,4H2,1-2H3;/b6-5+;. The van der Waals surface area contributed by atoms with Crippen molar-refractivity contribution in [1.29, 1.82) is 0 Å². The second-order valence-electron chi connectivity index (χ2n) is 1.77. The smallest absolute Gasteiger partial charge is 0.339 e. The predicted octanol–water partition coefficient (Wildman–Crippen LogP) is 1.26. The van der Waals surface area contributed by atoms with E-state index in [1.165, 1.54) is 6.92 Å². The summed E-state index contributed by atoms with van der Waals surface area (Å²) in [6.07, 6.45) is 0. The van der Waals surface area contributed by atoms with Crippen LogP contribution in [0.1, 0.15) is 13.8 Å². The molecule has 4 nitrogen and oxygen atoms in total. The van der Waals surface area contributed by atoms with E-state index in [-0.39, 0.29) is 35.1 Å². The van der Waals surface area contributed by atoms with Gasteiger partial charge < -0.3 is 9.84 Å². The number of esters is 1. The van der Waals surface area contributed by atoms with E-state index in [9.17, 15) is 4.79 Å². The summed E-state index contributed by atoms with van der Waals surface area (Å²) < 4.78 is 4.49. The fourth-order valence-electron chi connectivity index (χ4n) is 0.474. The molecule has 0 saturated carbocycles. The molecule has 0 spiro atoms. The summed E-state index contributed by atoms with van der Waals surface area (Å²) in [6, 6.07) is 0. The molecule has 0 aromatic heterocycles. The second-order valence-corrected chi connectivity index (χ2v) is 1.77. The maximum absolute atomic E-state index is 10.8. The number of ether oxygens (including phenoxy) is 1. The molecule has 0 fully saturated rings. The number of carbonyl (C=O) groups is 1. The first kappa shape index (κ1) is 13.6. The summed E-state index contributed by atoms with van der Waals surface area (Å²) in [5, 5.41) is 8.77. The van der Waals surface area contributed by atoms with E-state index in [1.54, 1.807) is 6.92 Å². The van der Waals surface area contributed by atoms with Gasteiger partial charge >= 0.3 is 11.7 Å². The molecule has 1 N–H and O–H groups in total. The third-order valence-electron chi connectivity index (χ3n) is 0.923. The van der Waals surface area contributed by atoms with Crippen LogP contribution in [0.5, 0.6) is 0 Å². The van der Waals surface area contributed by atoms with Crippen LogP contribution in [-0.2, 0) is 26.6 Å². The van der Waals surface area contributed by atoms with Crippen molar-refractivity contribution in [3.63, 3.8) is 0 Å². The van der Waals surface area contributed by atoms with Crippen LogP contribution in [0.25, 0.3) is 4.85 Å². The molecule has 1 radical (unpaired) electrons. The van der Waals surface area contributed by atoms with Gasteiger partial charge in [-0.3, -0.25) is 4.79 Å². The minimum absolute atomic E-state index is 0. The Labute approximate surface area is 81.5 Å². The zero-order valence-corrected chi connectivity index (χ0v) is 7.66. The first-order valence-corrected chi connectivity index (χ1v) is 3.07. The van der Waals surface area contributed by atoms with E-state index in [1.807, 2.05) is 0 Å². The summed E-state index contributed by atoms with van der Waals surface area (Å²) in [5.41, 5.74) is -0.355. The van der Waals surface area contributed by atoms with Gasteiger partial charge in [-0.2, -0.15) is 0 Å². The Hall–Kier alpha value is -0.981. The minimum Gasteiger partial charge on any atom is -0.523 e. The van der Waals surface area contributed by atoms with Crippen molar-refractivity contribution in [3.8, 4) is 0 Å². The molecule has 71 valence electrons. The quantitative estimate of drug-likeness (QED) is 0.250. The zero-order chi connectivity index (χ0) is 8.85. The Kier molecular flexibility index (Phi) is 7.61. The number of aliphatic hydroxyl groups excluding tert-OH is 1. The number of allylic oxidation sites excluding steroid dienone is 1. The molecular weight excluding hydrogens is 210 g/mol. The molecule has 0 bridgehead atoms. The Morgan fingerprint density at radius 3 is 2.42 bits per heavy atom. The Morgan fingerprint density at radius 1 is 1.67 bits per heavy atom. The number of carbonyl (C=O) groups excluding carboxylic acids is 1. The van der Waals surface area contributed by atoms with Gasteiger partial charge in [0.2, 0.25) is 0 Å². The summed E-state index contributed by atoms with van der Waals surface area (Å²) in [4.78, 5) is 13.6. The SMILES string of the molecule is [C-]#[N+]/C(C(=O)OCC)=C(\C)O.[Cu]. The largest absolute Gasteiger partial charge is 0.523 e. The fraction of sp³-hybridized carbons (Fsp3) is 0.429. The minimum atomic E-state index is -0.775. The molecule has 0 heterocycles. The predicted molar refractivity (Wildman–Crippen MR) is 38.6 cm³/mol. The number of hydrogen-bond donors (Lipinski definition) is 1. The summed E-state index contributed by atoms with van der Waals surface area (Å²) >= 11 is 0. The molecule has 0 aliphatic heterocycles. The summed E-state index contributed by atoms with van der Waals surface area (Å²) in [5.74, 6) is -1.08. The number of hydrogen-bond acceptors (Lipinski definition) is 3. The van der Waals surface area contributed by atoms with Gasteiger partial charge in [0.1, 0.15) is 5.76 Å². The van der Waals surface area contributed by atoms with E-state index < -0.39 is 5.97 Å². The van der Waals surface area contributed by atoms with Crippen molar-refractivity contribution in [2.45, 2.75) is 13.8 Å². The Morgan fingerprint density at radius 2 is 2.17 bits per heavy atom. The molecule has 0 aromatic rings. The Balaban J connectivity index is 0. The van der Waals surface area contributed by atoms with Crippen molar-refractivity contribution < 1.29 is 31.7 Å². The van der Waals surface area contributed by atoms with Gasteiger partial charge in [0.15, 0.2) is 0 Å². The van der Waals surface area contributed by atoms with Gasteiger partial charge in [-0.25, -0.2) is 4.85 Å². The molecule has 0 saturated heterocycles. The van der Waals surface area contributed by atoms with E-state index in [2.05, 4.69) is 9.58 Å². The molecule has 0 atom stereocenters. The van der Waals surface area contributed by atoms with Crippen LogP contribution in [0, 0.1) is 6.57 Å². The van der Waals surface area contributed by atoms with Crippen LogP contribution in [-0.4, -0.2) is 17.7 Å². The molecular formula is C7H9CuNO3. The number of aliphatic hydroxyl groups is 1. The maximum atomic E-state index is 10.8. The fourth-order valence-corrected chi connectivity index (χ4v) is 0.474. The molecule has 0 aliphatic carbocycles. The molecule has 0 unspecified atom stereocenters. The van der Waals surface area contributed by atoms with E-state index in [4.69, 9.17) is 11.7 Å². The third-order valence-corrected chi connectivity index (χ3v) is 0.923. The topological polar surface area (TPSA) is 50.9 Å². The Bertz CT molecular complexity index is 225. The van der Waals surface area contributed by atoms with Crippen molar-refractivity contribution in [3.05, 3.63) is 22.9 Å². The van der Waals surface area contributed by atoms with Crippen LogP contribution < -0.4 is 0 Å². The van der Waals surface area contributed by atoms with E-state index >= 15 is 0 Å². The molecule has 12 heavy (non-hydrogen) atoms. The van der Waals surface area contributed by atoms with E-state index in [0.29, 0.717) is 0 Å². The average molecular weight is 219 g/mol. The van der Waals surface area contributed by atoms with Crippen LogP contribution in [0.15, 0.2) is 11.5 Å². The first-order chi connectivity index (χ1) is 5.13. The normalized spacial score (nSPS) is 10.4. The molecule has 0 aliphatic rings. The van der Waals surface area contributed by atoms with Crippen molar-refractivity contribution in [1.82, 2.24) is 0 Å². The van der Waals surface area contributed by atoms with Crippen molar-refractivity contribution >= 4 is 5.97 Å². The molecule has 0 rings (SSSR count). The number of nitrogens with zero attached hydrogens (tertiary/aromatic N) is 1. The molecule has 0 amide bonds. The van der Waals surface area contributed by atoms with Gasteiger partial charge in [0.05, 0.1) is 13.2 Å². The van der Waals surface area contributed by atoms with Crippen LogP contribution in [0.3, 0.4) is 0 Å². The summed E-state index contributed by atoms with van der Waals surface area (Å²) in [7, 11) is 0. The monoisotopic (exact) mass is 218 g/mol. The summed E-state index contributed by atoms with van der Waals surface area (Å²) in [6.45, 7) is 9.60. The van der Waals surface area contributed by atoms with Crippen LogP contribution in [0.4, 0.5) is 0 Å². The third kappa shape index (κ3) is 4.02. The van der Waals surface area contributed by atoms with Gasteiger partial charge in [-0.1, -0.05) is 0 Å². The second kappa shape index (κ2) is 6.71. The average Bonchev–Trinajstić information content (AvgIpc) is 1.88. The van der Waals surface area contributed by atoms with E-state index in [0.717, 1.165) is 0 Å². The van der Waals surface area contributed by atoms with Crippen molar-refractivity contribution in [2.75, 3.05) is 6.61 Å². The number of rotatable bonds is 2. The molecule has 5 heteroatoms. The zero-order valence-electron chi connectivity index (χ0n) is 6.72. The first-order valence-electron chi connectivity index (χ1n) is 3.07.